The first-order chi connectivity index (χ1) is 11.0. The van der Waals surface area contributed by atoms with Gasteiger partial charge in [-0.15, -0.1) is 0 Å². The molecule has 2 aromatic rings. The lowest BCUT2D eigenvalue weighted by Gasteiger charge is -2.24. The van der Waals surface area contributed by atoms with Gasteiger partial charge in [0.25, 0.3) is 10.0 Å². The van der Waals surface area contributed by atoms with Crippen molar-refractivity contribution in [2.45, 2.75) is 11.8 Å². The van der Waals surface area contributed by atoms with Gasteiger partial charge < -0.3 is 9.47 Å². The minimum Gasteiger partial charge on any atom is -0.493 e. The molecule has 0 N–H and O–H groups in total. The molecule has 0 atom stereocenters. The topological polar surface area (TPSA) is 55.8 Å². The predicted molar refractivity (Wildman–Crippen MR) is 86.2 cm³/mol. The van der Waals surface area contributed by atoms with E-state index in [0.717, 1.165) is 4.31 Å². The van der Waals surface area contributed by atoms with Crippen LogP contribution in [0, 0.1) is 5.82 Å². The van der Waals surface area contributed by atoms with Gasteiger partial charge in [-0.3, -0.25) is 4.31 Å². The summed E-state index contributed by atoms with van der Waals surface area (Å²) in [7, 11) is -1.14. The van der Waals surface area contributed by atoms with E-state index in [1.165, 1.54) is 44.6 Å². The highest BCUT2D eigenvalue weighted by atomic mass is 32.2. The van der Waals surface area contributed by atoms with E-state index in [9.17, 15) is 12.8 Å². The summed E-state index contributed by atoms with van der Waals surface area (Å²) in [5.74, 6) is -0.0810. The second kappa shape index (κ2) is 6.87. The standard InChI is InChI=1S/C16H18FNO4S/c1-4-18(13-8-5-7-12(17)11-13)23(19,20)15-10-6-9-14(21-2)16(15)22-3/h5-11H,4H2,1-3H3. The number of methoxy groups -OCH3 is 2. The molecule has 2 rings (SSSR count). The zero-order chi connectivity index (χ0) is 17.0. The molecule has 0 unspecified atom stereocenters. The summed E-state index contributed by atoms with van der Waals surface area (Å²) in [6, 6.07) is 10.0. The Balaban J connectivity index is 2.61. The van der Waals surface area contributed by atoms with Gasteiger partial charge in [-0.2, -0.15) is 0 Å². The van der Waals surface area contributed by atoms with Crippen LogP contribution in [0.5, 0.6) is 11.5 Å². The molecule has 0 fully saturated rings. The highest BCUT2D eigenvalue weighted by Crippen LogP contribution is 2.36. The summed E-state index contributed by atoms with van der Waals surface area (Å²) >= 11 is 0. The Hall–Kier alpha value is -2.28. The molecule has 124 valence electrons. The Morgan fingerprint density at radius 2 is 1.78 bits per heavy atom. The van der Waals surface area contributed by atoms with Crippen molar-refractivity contribution in [3.8, 4) is 11.5 Å². The van der Waals surface area contributed by atoms with Crippen molar-refractivity contribution in [3.63, 3.8) is 0 Å². The predicted octanol–water partition coefficient (Wildman–Crippen LogP) is 3.06. The molecule has 0 saturated carbocycles. The van der Waals surface area contributed by atoms with Crippen LogP contribution in [0.3, 0.4) is 0 Å². The summed E-state index contributed by atoms with van der Waals surface area (Å²) in [6.45, 7) is 1.82. The van der Waals surface area contributed by atoms with E-state index in [1.807, 2.05) is 0 Å². The zero-order valence-corrected chi connectivity index (χ0v) is 13.9. The monoisotopic (exact) mass is 339 g/mol. The largest absolute Gasteiger partial charge is 0.493 e. The second-order valence-electron chi connectivity index (χ2n) is 4.64. The van der Waals surface area contributed by atoms with E-state index in [4.69, 9.17) is 9.47 Å². The normalized spacial score (nSPS) is 11.1. The fourth-order valence-electron chi connectivity index (χ4n) is 2.30. The molecule has 0 aromatic heterocycles. The Labute approximate surface area is 135 Å². The fraction of sp³-hybridized carbons (Fsp3) is 0.250. The number of hydrogen-bond donors (Lipinski definition) is 0. The molecule has 0 saturated heterocycles. The number of rotatable bonds is 6. The minimum atomic E-state index is -3.93. The molecular weight excluding hydrogens is 321 g/mol. The van der Waals surface area contributed by atoms with Crippen LogP contribution in [-0.2, 0) is 10.0 Å². The third-order valence-electron chi connectivity index (χ3n) is 3.32. The number of sulfonamides is 1. The number of anilines is 1. The van der Waals surface area contributed by atoms with Crippen molar-refractivity contribution in [1.29, 1.82) is 0 Å². The smallest absolute Gasteiger partial charge is 0.268 e. The summed E-state index contributed by atoms with van der Waals surface area (Å²) in [5.41, 5.74) is 0.248. The Bertz CT molecular complexity index is 792. The molecule has 2 aromatic carbocycles. The molecule has 5 nitrogen and oxygen atoms in total. The lowest BCUT2D eigenvalue weighted by atomic mass is 10.3. The van der Waals surface area contributed by atoms with Gasteiger partial charge in [0.05, 0.1) is 19.9 Å². The van der Waals surface area contributed by atoms with Gasteiger partial charge in [0.2, 0.25) is 0 Å². The quantitative estimate of drug-likeness (QED) is 0.812. The molecule has 23 heavy (non-hydrogen) atoms. The van der Waals surface area contributed by atoms with Gasteiger partial charge in [-0.1, -0.05) is 12.1 Å². The zero-order valence-electron chi connectivity index (χ0n) is 13.1. The van der Waals surface area contributed by atoms with Gasteiger partial charge in [-0.05, 0) is 37.3 Å². The first-order valence-electron chi connectivity index (χ1n) is 6.95. The molecule has 0 spiro atoms. The van der Waals surface area contributed by atoms with Crippen molar-refractivity contribution >= 4 is 15.7 Å². The van der Waals surface area contributed by atoms with Crippen molar-refractivity contribution in [1.82, 2.24) is 0 Å². The number of nitrogens with zero attached hydrogens (tertiary/aromatic N) is 1. The average Bonchev–Trinajstić information content (AvgIpc) is 2.54. The van der Waals surface area contributed by atoms with Crippen LogP contribution >= 0.6 is 0 Å². The minimum absolute atomic E-state index is 0.0366. The molecule has 0 radical (unpaired) electrons. The van der Waals surface area contributed by atoms with Gasteiger partial charge in [0.15, 0.2) is 11.5 Å². The van der Waals surface area contributed by atoms with Crippen LogP contribution in [0.4, 0.5) is 10.1 Å². The van der Waals surface area contributed by atoms with Gasteiger partial charge >= 0.3 is 0 Å². The number of benzene rings is 2. The molecule has 0 aliphatic heterocycles. The Morgan fingerprint density at radius 1 is 1.09 bits per heavy atom. The highest BCUT2D eigenvalue weighted by Gasteiger charge is 2.29. The van der Waals surface area contributed by atoms with Crippen LogP contribution < -0.4 is 13.8 Å². The number of ether oxygens (including phenoxy) is 2. The maximum absolute atomic E-state index is 13.5. The van der Waals surface area contributed by atoms with E-state index in [1.54, 1.807) is 19.1 Å². The molecule has 0 aliphatic rings. The molecule has 0 aliphatic carbocycles. The summed E-state index contributed by atoms with van der Waals surface area (Å²) < 4.78 is 50.9. The van der Waals surface area contributed by atoms with E-state index in [0.29, 0.717) is 5.75 Å². The maximum atomic E-state index is 13.5. The van der Waals surface area contributed by atoms with Crippen molar-refractivity contribution in [3.05, 3.63) is 48.3 Å². The molecule has 0 bridgehead atoms. The first kappa shape index (κ1) is 17.1. The lowest BCUT2D eigenvalue weighted by Crippen LogP contribution is -2.31. The molecule has 0 heterocycles. The van der Waals surface area contributed by atoms with Crippen LogP contribution in [0.2, 0.25) is 0 Å². The maximum Gasteiger partial charge on any atom is 0.268 e. The fourth-order valence-corrected chi connectivity index (χ4v) is 3.94. The summed E-state index contributed by atoms with van der Waals surface area (Å²) in [5, 5.41) is 0. The SMILES string of the molecule is CCN(c1cccc(F)c1)S(=O)(=O)c1cccc(OC)c1OC. The van der Waals surface area contributed by atoms with Crippen molar-refractivity contribution in [2.24, 2.45) is 0 Å². The van der Waals surface area contributed by atoms with E-state index >= 15 is 0 Å². The lowest BCUT2D eigenvalue weighted by molar-refractivity contribution is 0.347. The van der Waals surface area contributed by atoms with Gasteiger partial charge in [0, 0.05) is 6.54 Å². The second-order valence-corrected chi connectivity index (χ2v) is 6.47. The van der Waals surface area contributed by atoms with Crippen molar-refractivity contribution < 1.29 is 22.3 Å². The third kappa shape index (κ3) is 3.24. The van der Waals surface area contributed by atoms with E-state index in [-0.39, 0.29) is 22.9 Å². The van der Waals surface area contributed by atoms with E-state index in [2.05, 4.69) is 0 Å². The van der Waals surface area contributed by atoms with Gasteiger partial charge in [-0.25, -0.2) is 12.8 Å². The number of para-hydroxylation sites is 1. The van der Waals surface area contributed by atoms with Crippen molar-refractivity contribution in [2.75, 3.05) is 25.1 Å². The van der Waals surface area contributed by atoms with Crippen LogP contribution in [-0.4, -0.2) is 29.2 Å². The van der Waals surface area contributed by atoms with Gasteiger partial charge in [0.1, 0.15) is 10.7 Å². The average molecular weight is 339 g/mol. The number of halogens is 1. The Morgan fingerprint density at radius 3 is 2.35 bits per heavy atom. The summed E-state index contributed by atoms with van der Waals surface area (Å²) in [4.78, 5) is -0.0366. The molecular formula is C16H18FNO4S. The highest BCUT2D eigenvalue weighted by molar-refractivity contribution is 7.93. The Kier molecular flexibility index (Phi) is 5.10. The number of hydrogen-bond acceptors (Lipinski definition) is 4. The van der Waals surface area contributed by atoms with E-state index < -0.39 is 15.8 Å². The molecule has 7 heteroatoms. The third-order valence-corrected chi connectivity index (χ3v) is 5.24. The van der Waals surface area contributed by atoms with Crippen LogP contribution in [0.1, 0.15) is 6.92 Å². The van der Waals surface area contributed by atoms with Crippen LogP contribution in [0.25, 0.3) is 0 Å². The molecule has 0 amide bonds. The summed E-state index contributed by atoms with van der Waals surface area (Å²) in [6.07, 6.45) is 0. The first-order valence-corrected chi connectivity index (χ1v) is 8.39. The van der Waals surface area contributed by atoms with Crippen LogP contribution in [0.15, 0.2) is 47.4 Å².